The summed E-state index contributed by atoms with van der Waals surface area (Å²) in [6, 6.07) is 0. The van der Waals surface area contributed by atoms with Gasteiger partial charge in [0.2, 0.25) is 0 Å². The monoisotopic (exact) mass is 251 g/mol. The van der Waals surface area contributed by atoms with E-state index in [0.29, 0.717) is 0 Å². The summed E-state index contributed by atoms with van der Waals surface area (Å²) in [5.74, 6) is 0.976. The molecule has 0 unspecified atom stereocenters. The van der Waals surface area contributed by atoms with E-state index in [4.69, 9.17) is 0 Å². The highest BCUT2D eigenvalue weighted by Crippen LogP contribution is 2.50. The van der Waals surface area contributed by atoms with Crippen molar-refractivity contribution in [3.8, 4) is 0 Å². The van der Waals surface area contributed by atoms with Crippen LogP contribution in [0.25, 0.3) is 0 Å². The molecule has 1 spiro atoms. The SMILES string of the molecule is O=C1N=C(CC2CCCCCC2)SC12CCC2. The van der Waals surface area contributed by atoms with Crippen LogP contribution in [0.5, 0.6) is 0 Å². The number of thioether (sulfide) groups is 1. The van der Waals surface area contributed by atoms with Gasteiger partial charge in [-0.2, -0.15) is 0 Å². The van der Waals surface area contributed by atoms with Crippen LogP contribution in [0.1, 0.15) is 64.2 Å². The molecule has 3 rings (SSSR count). The third-order valence-corrected chi connectivity index (χ3v) is 6.00. The summed E-state index contributed by atoms with van der Waals surface area (Å²) in [6.45, 7) is 0. The van der Waals surface area contributed by atoms with E-state index in [2.05, 4.69) is 4.99 Å². The van der Waals surface area contributed by atoms with Crippen LogP contribution >= 0.6 is 11.8 Å². The van der Waals surface area contributed by atoms with Crippen molar-refractivity contribution in [2.45, 2.75) is 69.0 Å². The summed E-state index contributed by atoms with van der Waals surface area (Å²) < 4.78 is -0.0833. The van der Waals surface area contributed by atoms with Crippen molar-refractivity contribution in [3.63, 3.8) is 0 Å². The van der Waals surface area contributed by atoms with E-state index >= 15 is 0 Å². The van der Waals surface area contributed by atoms with Crippen LogP contribution in [-0.2, 0) is 4.79 Å². The molecule has 2 saturated carbocycles. The maximum Gasteiger partial charge on any atom is 0.263 e. The molecule has 0 aromatic rings. The van der Waals surface area contributed by atoms with E-state index in [1.54, 1.807) is 0 Å². The van der Waals surface area contributed by atoms with Crippen LogP contribution in [0.15, 0.2) is 4.99 Å². The van der Waals surface area contributed by atoms with Crippen LogP contribution in [0.2, 0.25) is 0 Å². The topological polar surface area (TPSA) is 29.4 Å². The van der Waals surface area contributed by atoms with Crippen molar-refractivity contribution in [2.24, 2.45) is 10.9 Å². The van der Waals surface area contributed by atoms with Crippen molar-refractivity contribution < 1.29 is 4.79 Å². The van der Waals surface area contributed by atoms with Crippen LogP contribution in [0.3, 0.4) is 0 Å². The summed E-state index contributed by atoms with van der Waals surface area (Å²) in [5.41, 5.74) is 0. The van der Waals surface area contributed by atoms with Crippen molar-refractivity contribution in [2.75, 3.05) is 0 Å². The van der Waals surface area contributed by atoms with Crippen molar-refractivity contribution in [3.05, 3.63) is 0 Å². The van der Waals surface area contributed by atoms with E-state index in [9.17, 15) is 4.79 Å². The summed E-state index contributed by atoms with van der Waals surface area (Å²) >= 11 is 1.81. The van der Waals surface area contributed by atoms with Gasteiger partial charge >= 0.3 is 0 Å². The lowest BCUT2D eigenvalue weighted by molar-refractivity contribution is -0.121. The molecule has 94 valence electrons. The Morgan fingerprint density at radius 1 is 1.12 bits per heavy atom. The second-order valence-corrected chi connectivity index (χ2v) is 7.28. The smallest absolute Gasteiger partial charge is 0.263 e. The van der Waals surface area contributed by atoms with Gasteiger partial charge in [-0.15, -0.1) is 0 Å². The first-order valence-corrected chi connectivity index (χ1v) is 7.91. The number of nitrogens with zero attached hydrogens (tertiary/aromatic N) is 1. The predicted molar refractivity (Wildman–Crippen MR) is 72.4 cm³/mol. The summed E-state index contributed by atoms with van der Waals surface area (Å²) in [7, 11) is 0. The Morgan fingerprint density at radius 3 is 2.35 bits per heavy atom. The Labute approximate surface area is 108 Å². The first-order valence-electron chi connectivity index (χ1n) is 7.09. The van der Waals surface area contributed by atoms with Gasteiger partial charge in [-0.3, -0.25) is 4.79 Å². The van der Waals surface area contributed by atoms with Crippen LogP contribution in [0.4, 0.5) is 0 Å². The quantitative estimate of drug-likeness (QED) is 0.696. The van der Waals surface area contributed by atoms with E-state index in [-0.39, 0.29) is 10.7 Å². The van der Waals surface area contributed by atoms with E-state index in [1.165, 1.54) is 44.9 Å². The van der Waals surface area contributed by atoms with Gasteiger partial charge in [-0.1, -0.05) is 50.3 Å². The van der Waals surface area contributed by atoms with Crippen LogP contribution in [-0.4, -0.2) is 15.7 Å². The zero-order valence-electron chi connectivity index (χ0n) is 10.4. The lowest BCUT2D eigenvalue weighted by Gasteiger charge is -2.34. The molecular formula is C14H21NOS. The van der Waals surface area contributed by atoms with Crippen molar-refractivity contribution >= 4 is 22.7 Å². The number of carbonyl (C=O) groups is 1. The molecule has 2 nitrogen and oxygen atoms in total. The van der Waals surface area contributed by atoms with Crippen molar-refractivity contribution in [1.29, 1.82) is 0 Å². The highest BCUT2D eigenvalue weighted by atomic mass is 32.2. The molecule has 0 saturated heterocycles. The van der Waals surface area contributed by atoms with Gasteiger partial charge in [-0.05, 0) is 31.6 Å². The minimum Gasteiger partial charge on any atom is -0.271 e. The number of rotatable bonds is 2. The molecule has 0 aromatic heterocycles. The maximum atomic E-state index is 11.9. The molecule has 3 aliphatic rings. The largest absolute Gasteiger partial charge is 0.271 e. The number of hydrogen-bond donors (Lipinski definition) is 0. The number of amides is 1. The second kappa shape index (κ2) is 4.75. The minimum atomic E-state index is -0.0833. The molecule has 0 bridgehead atoms. The normalized spacial score (nSPS) is 28.9. The molecule has 2 aliphatic carbocycles. The van der Waals surface area contributed by atoms with Gasteiger partial charge in [0.15, 0.2) is 0 Å². The standard InChI is InChI=1S/C14H21NOS/c16-13-14(8-5-9-14)17-12(15-13)10-11-6-3-1-2-4-7-11/h11H,1-10H2. The lowest BCUT2D eigenvalue weighted by Crippen LogP contribution is -2.38. The minimum absolute atomic E-state index is 0.0833. The number of aliphatic imine (C=N–C) groups is 1. The van der Waals surface area contributed by atoms with Gasteiger partial charge < -0.3 is 0 Å². The second-order valence-electron chi connectivity index (χ2n) is 5.82. The molecule has 1 amide bonds. The summed E-state index contributed by atoms with van der Waals surface area (Å²) in [4.78, 5) is 16.2. The highest BCUT2D eigenvalue weighted by Gasteiger charge is 2.49. The van der Waals surface area contributed by atoms with E-state index < -0.39 is 0 Å². The van der Waals surface area contributed by atoms with Gasteiger partial charge in [0.25, 0.3) is 5.91 Å². The van der Waals surface area contributed by atoms with Gasteiger partial charge in [0.05, 0.1) is 5.04 Å². The first kappa shape index (κ1) is 11.8. The van der Waals surface area contributed by atoms with Gasteiger partial charge in [-0.25, -0.2) is 4.99 Å². The van der Waals surface area contributed by atoms with E-state index in [0.717, 1.165) is 30.2 Å². The zero-order valence-corrected chi connectivity index (χ0v) is 11.2. The van der Waals surface area contributed by atoms with Gasteiger partial charge in [0.1, 0.15) is 4.75 Å². The molecule has 1 heterocycles. The predicted octanol–water partition coefficient (Wildman–Crippen LogP) is 3.94. The zero-order chi connectivity index (χ0) is 11.7. The van der Waals surface area contributed by atoms with E-state index in [1.807, 2.05) is 11.8 Å². The maximum absolute atomic E-state index is 11.9. The van der Waals surface area contributed by atoms with Crippen molar-refractivity contribution in [1.82, 2.24) is 0 Å². The lowest BCUT2D eigenvalue weighted by atomic mass is 9.84. The Kier molecular flexibility index (Phi) is 3.29. The molecule has 0 aromatic carbocycles. The molecule has 1 aliphatic heterocycles. The third kappa shape index (κ3) is 2.31. The Balaban J connectivity index is 1.58. The first-order chi connectivity index (χ1) is 8.28. The number of carbonyl (C=O) groups excluding carboxylic acids is 1. The van der Waals surface area contributed by atoms with Crippen LogP contribution < -0.4 is 0 Å². The third-order valence-electron chi connectivity index (χ3n) is 4.53. The Morgan fingerprint density at radius 2 is 1.82 bits per heavy atom. The van der Waals surface area contributed by atoms with Gasteiger partial charge in [0, 0.05) is 0 Å². The Hall–Kier alpha value is -0.310. The fourth-order valence-corrected chi connectivity index (χ4v) is 4.75. The number of hydrogen-bond acceptors (Lipinski definition) is 2. The molecular weight excluding hydrogens is 230 g/mol. The van der Waals surface area contributed by atoms with Crippen LogP contribution in [0, 0.1) is 5.92 Å². The molecule has 3 heteroatoms. The fourth-order valence-electron chi connectivity index (χ4n) is 3.22. The average molecular weight is 251 g/mol. The molecule has 0 radical (unpaired) electrons. The molecule has 0 atom stereocenters. The average Bonchev–Trinajstić information content (AvgIpc) is 2.46. The summed E-state index contributed by atoms with van der Waals surface area (Å²) in [5, 5.41) is 1.15. The molecule has 17 heavy (non-hydrogen) atoms. The molecule has 0 N–H and O–H groups in total. The fraction of sp³-hybridized carbons (Fsp3) is 0.857. The Bertz CT molecular complexity index is 338. The summed E-state index contributed by atoms with van der Waals surface area (Å²) in [6.07, 6.45) is 12.7. The highest BCUT2D eigenvalue weighted by molar-refractivity contribution is 8.16. The molecule has 2 fully saturated rings.